The van der Waals surface area contributed by atoms with Crippen molar-refractivity contribution in [2.75, 3.05) is 31.7 Å². The standard InChI is InChI=1S/C17H19Cl3N2O4S/c18-13-9-14(19)17(15(20)10-13)22-16-4-2-1-3-12(16)11-27(24,25)21-5-7-26-8-6-23/h1-4,9-10,21-23H,5-8,11H2. The Bertz CT molecular complexity index is 855. The molecule has 0 aromatic heterocycles. The molecular formula is C17H19Cl3N2O4S. The van der Waals surface area contributed by atoms with Crippen molar-refractivity contribution in [3.05, 3.63) is 57.0 Å². The van der Waals surface area contributed by atoms with E-state index in [4.69, 9.17) is 44.6 Å². The van der Waals surface area contributed by atoms with E-state index in [0.29, 0.717) is 32.0 Å². The Morgan fingerprint density at radius 2 is 1.70 bits per heavy atom. The van der Waals surface area contributed by atoms with Crippen molar-refractivity contribution in [2.45, 2.75) is 5.75 Å². The van der Waals surface area contributed by atoms with Crippen LogP contribution in [0, 0.1) is 0 Å². The molecule has 6 nitrogen and oxygen atoms in total. The van der Waals surface area contributed by atoms with Crippen LogP contribution in [-0.2, 0) is 20.5 Å². The first kappa shape index (κ1) is 22.2. The van der Waals surface area contributed by atoms with Crippen LogP contribution in [0.4, 0.5) is 11.4 Å². The highest BCUT2D eigenvalue weighted by Gasteiger charge is 2.16. The fourth-order valence-electron chi connectivity index (χ4n) is 2.26. The topological polar surface area (TPSA) is 87.7 Å². The van der Waals surface area contributed by atoms with Gasteiger partial charge in [-0.3, -0.25) is 0 Å². The number of hydrogen-bond acceptors (Lipinski definition) is 5. The average molecular weight is 454 g/mol. The summed E-state index contributed by atoms with van der Waals surface area (Å²) in [4.78, 5) is 0. The van der Waals surface area contributed by atoms with E-state index in [1.54, 1.807) is 36.4 Å². The average Bonchev–Trinajstić information content (AvgIpc) is 2.59. The number of nitrogens with one attached hydrogen (secondary N) is 2. The number of halogens is 3. The van der Waals surface area contributed by atoms with Gasteiger partial charge in [-0.15, -0.1) is 0 Å². The van der Waals surface area contributed by atoms with Crippen LogP contribution in [0.25, 0.3) is 0 Å². The predicted octanol–water partition coefficient (Wildman–Crippen LogP) is 3.82. The lowest BCUT2D eigenvalue weighted by molar-refractivity contribution is 0.0961. The first-order valence-electron chi connectivity index (χ1n) is 7.98. The fourth-order valence-corrected chi connectivity index (χ4v) is 4.33. The maximum absolute atomic E-state index is 12.3. The Labute approximate surface area is 173 Å². The second-order valence-corrected chi connectivity index (χ2v) is 8.57. The molecule has 148 valence electrons. The zero-order chi connectivity index (χ0) is 19.9. The molecule has 27 heavy (non-hydrogen) atoms. The van der Waals surface area contributed by atoms with Gasteiger partial charge in [-0.25, -0.2) is 13.1 Å². The van der Waals surface area contributed by atoms with Gasteiger partial charge in [0.05, 0.1) is 41.3 Å². The molecule has 0 radical (unpaired) electrons. The first-order valence-corrected chi connectivity index (χ1v) is 10.8. The smallest absolute Gasteiger partial charge is 0.215 e. The zero-order valence-corrected chi connectivity index (χ0v) is 17.3. The number of hydrogen-bond donors (Lipinski definition) is 3. The van der Waals surface area contributed by atoms with Gasteiger partial charge < -0.3 is 15.2 Å². The lowest BCUT2D eigenvalue weighted by Crippen LogP contribution is -2.29. The maximum Gasteiger partial charge on any atom is 0.215 e. The van der Waals surface area contributed by atoms with Crippen molar-refractivity contribution in [3.8, 4) is 0 Å². The number of benzene rings is 2. The van der Waals surface area contributed by atoms with Crippen LogP contribution in [0.2, 0.25) is 15.1 Å². The predicted molar refractivity (Wildman–Crippen MR) is 110 cm³/mol. The van der Waals surface area contributed by atoms with Gasteiger partial charge in [-0.1, -0.05) is 53.0 Å². The Morgan fingerprint density at radius 1 is 1.04 bits per heavy atom. The lowest BCUT2D eigenvalue weighted by atomic mass is 10.2. The van der Waals surface area contributed by atoms with Gasteiger partial charge >= 0.3 is 0 Å². The second kappa shape index (κ2) is 10.5. The van der Waals surface area contributed by atoms with Crippen molar-refractivity contribution in [3.63, 3.8) is 0 Å². The highest BCUT2D eigenvalue weighted by atomic mass is 35.5. The number of aliphatic hydroxyl groups excluding tert-OH is 1. The Kier molecular flexibility index (Phi) is 8.62. The van der Waals surface area contributed by atoms with Crippen LogP contribution in [-0.4, -0.2) is 39.9 Å². The highest BCUT2D eigenvalue weighted by molar-refractivity contribution is 7.88. The van der Waals surface area contributed by atoms with Crippen LogP contribution in [0.3, 0.4) is 0 Å². The largest absolute Gasteiger partial charge is 0.394 e. The van der Waals surface area contributed by atoms with Crippen molar-refractivity contribution in [1.29, 1.82) is 0 Å². The summed E-state index contributed by atoms with van der Waals surface area (Å²) in [5.74, 6) is -0.237. The molecule has 0 amide bonds. The molecule has 0 atom stereocenters. The summed E-state index contributed by atoms with van der Waals surface area (Å²) in [6, 6.07) is 10.0. The molecule has 0 aliphatic rings. The van der Waals surface area contributed by atoms with Gasteiger partial charge in [0.2, 0.25) is 10.0 Å². The second-order valence-electron chi connectivity index (χ2n) is 5.52. The van der Waals surface area contributed by atoms with E-state index in [2.05, 4.69) is 10.0 Å². The Morgan fingerprint density at radius 3 is 2.37 bits per heavy atom. The van der Waals surface area contributed by atoms with E-state index in [1.807, 2.05) is 0 Å². The third-order valence-corrected chi connectivity index (χ3v) is 5.58. The van der Waals surface area contributed by atoms with Crippen molar-refractivity contribution >= 4 is 56.2 Å². The molecule has 0 aliphatic heterocycles. The maximum atomic E-state index is 12.3. The van der Waals surface area contributed by atoms with Gasteiger partial charge in [0.15, 0.2) is 0 Å². The van der Waals surface area contributed by atoms with E-state index in [1.165, 1.54) is 0 Å². The minimum Gasteiger partial charge on any atom is -0.394 e. The Balaban J connectivity index is 2.12. The van der Waals surface area contributed by atoms with Gasteiger partial charge in [0.1, 0.15) is 0 Å². The summed E-state index contributed by atoms with van der Waals surface area (Å²) in [6.07, 6.45) is 0. The van der Waals surface area contributed by atoms with Gasteiger partial charge in [0, 0.05) is 17.3 Å². The summed E-state index contributed by atoms with van der Waals surface area (Å²) >= 11 is 18.3. The van der Waals surface area contributed by atoms with Crippen LogP contribution >= 0.6 is 34.8 Å². The molecule has 0 spiro atoms. The Hall–Kier alpha value is -1.06. The monoisotopic (exact) mass is 452 g/mol. The van der Waals surface area contributed by atoms with Gasteiger partial charge in [-0.05, 0) is 23.8 Å². The number of anilines is 2. The SMILES string of the molecule is O=S(=O)(Cc1ccccc1Nc1c(Cl)cc(Cl)cc1Cl)NCCOCCO. The number of aliphatic hydroxyl groups is 1. The molecule has 3 N–H and O–H groups in total. The number of para-hydroxylation sites is 1. The zero-order valence-electron chi connectivity index (χ0n) is 14.2. The third-order valence-electron chi connectivity index (χ3n) is 3.43. The molecule has 2 rings (SSSR count). The summed E-state index contributed by atoms with van der Waals surface area (Å²) in [5.41, 5.74) is 1.55. The molecule has 10 heteroatoms. The van der Waals surface area contributed by atoms with Crippen molar-refractivity contribution in [2.24, 2.45) is 0 Å². The van der Waals surface area contributed by atoms with Gasteiger partial charge in [-0.2, -0.15) is 0 Å². The van der Waals surface area contributed by atoms with E-state index in [9.17, 15) is 8.42 Å². The third kappa shape index (κ3) is 7.12. The number of sulfonamides is 1. The van der Waals surface area contributed by atoms with Crippen molar-refractivity contribution in [1.82, 2.24) is 4.72 Å². The quantitative estimate of drug-likeness (QED) is 0.476. The molecule has 0 bridgehead atoms. The van der Waals surface area contributed by atoms with Gasteiger partial charge in [0.25, 0.3) is 0 Å². The molecule has 2 aromatic rings. The van der Waals surface area contributed by atoms with Crippen LogP contribution < -0.4 is 10.0 Å². The molecule has 0 saturated heterocycles. The van der Waals surface area contributed by atoms with Crippen LogP contribution in [0.5, 0.6) is 0 Å². The molecule has 2 aromatic carbocycles. The van der Waals surface area contributed by atoms with E-state index in [0.717, 1.165) is 0 Å². The molecule has 0 saturated carbocycles. The molecule has 0 heterocycles. The molecule has 0 unspecified atom stereocenters. The minimum absolute atomic E-state index is 0.110. The fraction of sp³-hybridized carbons (Fsp3) is 0.294. The normalized spacial score (nSPS) is 11.6. The first-order chi connectivity index (χ1) is 12.8. The molecule has 0 aliphatic carbocycles. The van der Waals surface area contributed by atoms with Crippen LogP contribution in [0.15, 0.2) is 36.4 Å². The summed E-state index contributed by atoms with van der Waals surface area (Å²) in [7, 11) is -3.58. The lowest BCUT2D eigenvalue weighted by Gasteiger charge is -2.15. The highest BCUT2D eigenvalue weighted by Crippen LogP contribution is 2.36. The minimum atomic E-state index is -3.58. The number of rotatable bonds is 10. The molecular weight excluding hydrogens is 435 g/mol. The van der Waals surface area contributed by atoms with E-state index in [-0.39, 0.29) is 32.1 Å². The van der Waals surface area contributed by atoms with Crippen molar-refractivity contribution < 1.29 is 18.3 Å². The van der Waals surface area contributed by atoms with E-state index < -0.39 is 10.0 Å². The van der Waals surface area contributed by atoms with Crippen LogP contribution in [0.1, 0.15) is 5.56 Å². The summed E-state index contributed by atoms with van der Waals surface area (Å²) in [6.45, 7) is 0.348. The summed E-state index contributed by atoms with van der Waals surface area (Å²) in [5, 5.41) is 12.8. The van der Waals surface area contributed by atoms with E-state index >= 15 is 0 Å². The summed E-state index contributed by atoms with van der Waals surface area (Å²) < 4.78 is 32.1. The molecule has 0 fully saturated rings. The number of ether oxygens (including phenoxy) is 1.